The van der Waals surface area contributed by atoms with E-state index in [0.717, 1.165) is 6.54 Å². The van der Waals surface area contributed by atoms with E-state index < -0.39 is 0 Å². The van der Waals surface area contributed by atoms with Crippen LogP contribution in [-0.4, -0.2) is 35.8 Å². The first kappa shape index (κ1) is 14.5. The van der Waals surface area contributed by atoms with Gasteiger partial charge in [0.1, 0.15) is 0 Å². The van der Waals surface area contributed by atoms with Crippen LogP contribution in [0.5, 0.6) is 0 Å². The average Bonchev–Trinajstić information content (AvgIpc) is 2.98. The molecule has 2 rings (SSSR count). The second-order valence-electron chi connectivity index (χ2n) is 6.07. The second kappa shape index (κ2) is 6.04. The lowest BCUT2D eigenvalue weighted by molar-refractivity contribution is -0.140. The van der Waals surface area contributed by atoms with Crippen molar-refractivity contribution < 1.29 is 9.59 Å². The van der Waals surface area contributed by atoms with E-state index in [0.29, 0.717) is 12.5 Å². The van der Waals surface area contributed by atoms with Crippen molar-refractivity contribution in [2.24, 2.45) is 17.8 Å². The lowest BCUT2D eigenvalue weighted by atomic mass is 9.97. The number of hydrogen-bond donors (Lipinski definition) is 1. The summed E-state index contributed by atoms with van der Waals surface area (Å²) in [5.74, 6) is 0.334. The molecule has 2 fully saturated rings. The molecule has 108 valence electrons. The molecule has 19 heavy (non-hydrogen) atoms. The third kappa shape index (κ3) is 2.83. The Hall–Kier alpha value is -0.900. The van der Waals surface area contributed by atoms with E-state index in [-0.39, 0.29) is 29.7 Å². The van der Waals surface area contributed by atoms with Crippen LogP contribution in [0.15, 0.2) is 0 Å². The van der Waals surface area contributed by atoms with Crippen LogP contribution in [0.2, 0.25) is 0 Å². The summed E-state index contributed by atoms with van der Waals surface area (Å²) in [7, 11) is 0. The molecule has 4 nitrogen and oxygen atoms in total. The van der Waals surface area contributed by atoms with Gasteiger partial charge < -0.3 is 5.32 Å². The molecule has 0 spiro atoms. The first-order valence-corrected chi connectivity index (χ1v) is 7.64. The number of hydrogen-bond acceptors (Lipinski definition) is 3. The Bertz CT molecular complexity index is 330. The fourth-order valence-corrected chi connectivity index (χ4v) is 3.41. The summed E-state index contributed by atoms with van der Waals surface area (Å²) in [6, 6.07) is 0.276. The van der Waals surface area contributed by atoms with E-state index in [2.05, 4.69) is 12.2 Å². The first-order chi connectivity index (χ1) is 9.06. The van der Waals surface area contributed by atoms with Crippen LogP contribution in [-0.2, 0) is 9.59 Å². The molecular weight excluding hydrogens is 240 g/mol. The van der Waals surface area contributed by atoms with Crippen LogP contribution < -0.4 is 5.32 Å². The minimum Gasteiger partial charge on any atom is -0.312 e. The highest BCUT2D eigenvalue weighted by atomic mass is 16.2. The Morgan fingerprint density at radius 2 is 1.68 bits per heavy atom. The molecule has 0 aromatic heterocycles. The summed E-state index contributed by atoms with van der Waals surface area (Å²) in [4.78, 5) is 25.8. The fourth-order valence-electron chi connectivity index (χ4n) is 3.41. The van der Waals surface area contributed by atoms with Crippen LogP contribution in [0.1, 0.15) is 46.5 Å². The molecule has 1 heterocycles. The van der Waals surface area contributed by atoms with Gasteiger partial charge >= 0.3 is 0 Å². The molecule has 0 radical (unpaired) electrons. The molecule has 0 bridgehead atoms. The highest BCUT2D eigenvalue weighted by molar-refractivity contribution is 6.04. The van der Waals surface area contributed by atoms with E-state index >= 15 is 0 Å². The summed E-state index contributed by atoms with van der Waals surface area (Å²) >= 11 is 0. The van der Waals surface area contributed by atoms with Gasteiger partial charge in [-0.25, -0.2) is 0 Å². The van der Waals surface area contributed by atoms with Crippen LogP contribution in [0, 0.1) is 17.8 Å². The number of imide groups is 1. The van der Waals surface area contributed by atoms with Crippen molar-refractivity contribution in [3.63, 3.8) is 0 Å². The number of nitrogens with one attached hydrogen (secondary N) is 1. The Morgan fingerprint density at radius 3 is 2.16 bits per heavy atom. The van der Waals surface area contributed by atoms with Gasteiger partial charge in [0.2, 0.25) is 11.8 Å². The summed E-state index contributed by atoms with van der Waals surface area (Å²) in [5, 5.41) is 3.48. The molecule has 4 heteroatoms. The third-order valence-corrected chi connectivity index (χ3v) is 4.88. The predicted octanol–water partition coefficient (Wildman–Crippen LogP) is 1.80. The normalized spacial score (nSPS) is 30.4. The highest BCUT2D eigenvalue weighted by Crippen LogP contribution is 2.31. The maximum atomic E-state index is 12.2. The minimum atomic E-state index is -0.154. The van der Waals surface area contributed by atoms with Crippen molar-refractivity contribution >= 4 is 11.8 Å². The van der Waals surface area contributed by atoms with Crippen LogP contribution in [0.3, 0.4) is 0 Å². The lowest BCUT2D eigenvalue weighted by Crippen LogP contribution is -2.47. The minimum absolute atomic E-state index is 0.0124. The van der Waals surface area contributed by atoms with Gasteiger partial charge in [-0.05, 0) is 25.3 Å². The standard InChI is InChI=1S/C15H26N2O2/c1-4-16-13(12-7-5-6-8-12)9-17-14(18)10(2)11(3)15(17)19/h10-13,16H,4-9H2,1-3H3. The predicted molar refractivity (Wildman–Crippen MR) is 74.5 cm³/mol. The van der Waals surface area contributed by atoms with E-state index in [1.54, 1.807) is 0 Å². The molecular formula is C15H26N2O2. The number of carbonyl (C=O) groups excluding carboxylic acids is 2. The lowest BCUT2D eigenvalue weighted by Gasteiger charge is -2.28. The maximum absolute atomic E-state index is 12.2. The van der Waals surface area contributed by atoms with E-state index in [9.17, 15) is 9.59 Å². The molecule has 0 aromatic rings. The maximum Gasteiger partial charge on any atom is 0.232 e. The topological polar surface area (TPSA) is 49.4 Å². The van der Waals surface area contributed by atoms with Crippen LogP contribution in [0.4, 0.5) is 0 Å². The Morgan fingerprint density at radius 1 is 1.16 bits per heavy atom. The Balaban J connectivity index is 2.04. The molecule has 1 saturated carbocycles. The van der Waals surface area contributed by atoms with E-state index in [1.165, 1.54) is 30.6 Å². The molecule has 3 atom stereocenters. The first-order valence-electron chi connectivity index (χ1n) is 7.64. The van der Waals surface area contributed by atoms with Gasteiger partial charge in [-0.15, -0.1) is 0 Å². The largest absolute Gasteiger partial charge is 0.312 e. The summed E-state index contributed by atoms with van der Waals surface area (Å²) in [6.07, 6.45) is 5.00. The molecule has 3 unspecified atom stereocenters. The van der Waals surface area contributed by atoms with Crippen LogP contribution >= 0.6 is 0 Å². The Labute approximate surface area is 115 Å². The second-order valence-corrected chi connectivity index (χ2v) is 6.07. The zero-order valence-electron chi connectivity index (χ0n) is 12.3. The van der Waals surface area contributed by atoms with Gasteiger partial charge in [0.15, 0.2) is 0 Å². The number of amides is 2. The van der Waals surface area contributed by atoms with E-state index in [1.807, 2.05) is 13.8 Å². The van der Waals surface area contributed by atoms with E-state index in [4.69, 9.17) is 0 Å². The molecule has 2 amide bonds. The molecule has 0 aromatic carbocycles. The van der Waals surface area contributed by atoms with Gasteiger partial charge in [-0.3, -0.25) is 14.5 Å². The highest BCUT2D eigenvalue weighted by Gasteiger charge is 2.43. The average molecular weight is 266 g/mol. The van der Waals surface area contributed by atoms with Gasteiger partial charge in [0.25, 0.3) is 0 Å². The van der Waals surface area contributed by atoms with Gasteiger partial charge in [-0.2, -0.15) is 0 Å². The van der Waals surface area contributed by atoms with Crippen LogP contribution in [0.25, 0.3) is 0 Å². The monoisotopic (exact) mass is 266 g/mol. The number of likely N-dealkylation sites (tertiary alicyclic amines) is 1. The van der Waals surface area contributed by atoms with Gasteiger partial charge in [0, 0.05) is 24.4 Å². The molecule has 2 aliphatic rings. The van der Waals surface area contributed by atoms with Gasteiger partial charge in [0.05, 0.1) is 0 Å². The summed E-state index contributed by atoms with van der Waals surface area (Å²) in [5.41, 5.74) is 0. The van der Waals surface area contributed by atoms with Crippen molar-refractivity contribution in [1.82, 2.24) is 10.2 Å². The summed E-state index contributed by atoms with van der Waals surface area (Å²) in [6.45, 7) is 7.26. The van der Waals surface area contributed by atoms with Crippen molar-refractivity contribution in [2.45, 2.75) is 52.5 Å². The van der Waals surface area contributed by atoms with Crippen molar-refractivity contribution in [3.05, 3.63) is 0 Å². The quantitative estimate of drug-likeness (QED) is 0.772. The number of nitrogens with zero attached hydrogens (tertiary/aromatic N) is 1. The molecule has 1 N–H and O–H groups in total. The zero-order chi connectivity index (χ0) is 14.0. The zero-order valence-corrected chi connectivity index (χ0v) is 12.3. The van der Waals surface area contributed by atoms with Crippen molar-refractivity contribution in [1.29, 1.82) is 0 Å². The molecule has 1 aliphatic carbocycles. The van der Waals surface area contributed by atoms with Crippen molar-refractivity contribution in [2.75, 3.05) is 13.1 Å². The summed E-state index contributed by atoms with van der Waals surface area (Å²) < 4.78 is 0. The fraction of sp³-hybridized carbons (Fsp3) is 0.867. The number of rotatable bonds is 5. The smallest absolute Gasteiger partial charge is 0.232 e. The number of carbonyl (C=O) groups is 2. The SMILES string of the molecule is CCNC(CN1C(=O)C(C)C(C)C1=O)C1CCCC1. The van der Waals surface area contributed by atoms with Gasteiger partial charge in [-0.1, -0.05) is 33.6 Å². The molecule has 1 saturated heterocycles. The third-order valence-electron chi connectivity index (χ3n) is 4.88. The Kier molecular flexibility index (Phi) is 4.61. The molecule has 1 aliphatic heterocycles. The number of likely N-dealkylation sites (N-methyl/N-ethyl adjacent to an activating group) is 1. The van der Waals surface area contributed by atoms with Crippen molar-refractivity contribution in [3.8, 4) is 0 Å².